The first kappa shape index (κ1) is 28.5. The highest BCUT2D eigenvalue weighted by molar-refractivity contribution is 7.80. The minimum Gasteiger partial charge on any atom is -0.497 e. The third-order valence-corrected chi connectivity index (χ3v) is 8.81. The van der Waals surface area contributed by atoms with Gasteiger partial charge in [0.05, 0.1) is 13.0 Å². The number of thiol groups is 1. The summed E-state index contributed by atoms with van der Waals surface area (Å²) in [6.07, 6.45) is 10.2. The van der Waals surface area contributed by atoms with Crippen LogP contribution in [-0.4, -0.2) is 35.4 Å². The van der Waals surface area contributed by atoms with Gasteiger partial charge in [-0.1, -0.05) is 30.3 Å². The first-order valence-electron chi connectivity index (χ1n) is 13.8. The zero-order chi connectivity index (χ0) is 27.1. The number of benzene rings is 2. The van der Waals surface area contributed by atoms with Crippen LogP contribution < -0.4 is 15.2 Å². The molecule has 0 saturated heterocycles. The number of carbonyl (C=O) groups is 2. The van der Waals surface area contributed by atoms with Gasteiger partial charge in [0.25, 0.3) is 0 Å². The normalized spacial score (nSPS) is 25.7. The van der Waals surface area contributed by atoms with Crippen LogP contribution in [-0.2, 0) is 22.4 Å². The molecule has 4 saturated carbocycles. The van der Waals surface area contributed by atoms with Crippen LogP contribution in [0.25, 0.3) is 0 Å². The lowest BCUT2D eigenvalue weighted by Crippen LogP contribution is -2.55. The van der Waals surface area contributed by atoms with E-state index in [2.05, 4.69) is 12.6 Å². The van der Waals surface area contributed by atoms with Gasteiger partial charge >= 0.3 is 11.9 Å². The first-order chi connectivity index (χ1) is 18.3. The number of hydrogen-bond donors (Lipinski definition) is 3. The summed E-state index contributed by atoms with van der Waals surface area (Å²) in [5, 5.41) is 8.86. The number of carbonyl (C=O) groups excluding carboxylic acids is 1. The lowest BCUT2D eigenvalue weighted by molar-refractivity contribution is -0.138. The second kappa shape index (κ2) is 13.0. The third kappa shape index (κ3) is 7.76. The van der Waals surface area contributed by atoms with Crippen molar-refractivity contribution in [3.05, 3.63) is 59.7 Å². The van der Waals surface area contributed by atoms with Gasteiger partial charge in [0.2, 0.25) is 0 Å². The van der Waals surface area contributed by atoms with E-state index in [1.807, 2.05) is 24.3 Å². The van der Waals surface area contributed by atoms with E-state index in [9.17, 15) is 9.59 Å². The molecule has 2 aromatic rings. The number of ether oxygens (including phenoxy) is 2. The fraction of sp³-hybridized carbons (Fsp3) is 0.548. The Balaban J connectivity index is 0.000000248. The molecule has 206 valence electrons. The molecule has 4 fully saturated rings. The Hall–Kier alpha value is -2.51. The van der Waals surface area contributed by atoms with Crippen molar-refractivity contribution < 1.29 is 24.2 Å². The zero-order valence-corrected chi connectivity index (χ0v) is 23.2. The van der Waals surface area contributed by atoms with Crippen LogP contribution in [0.15, 0.2) is 48.5 Å². The lowest BCUT2D eigenvalue weighted by atomic mass is 9.53. The monoisotopic (exact) mass is 539 g/mol. The SMILES string of the molecule is COc1ccc(CC[C@H](CS)C(=O)Oc2ccccc2CCC(=O)O)cc1.NC12CC3CC(CC(C3)C1)C2. The van der Waals surface area contributed by atoms with E-state index in [1.54, 1.807) is 31.4 Å². The molecule has 0 radical (unpaired) electrons. The minimum absolute atomic E-state index is 0.0119. The molecule has 6 rings (SSSR count). The summed E-state index contributed by atoms with van der Waals surface area (Å²) in [4.78, 5) is 23.3. The topological polar surface area (TPSA) is 98.8 Å². The van der Waals surface area contributed by atoms with Crippen molar-refractivity contribution in [2.24, 2.45) is 29.4 Å². The smallest absolute Gasteiger partial charge is 0.315 e. The molecule has 0 unspecified atom stereocenters. The molecule has 0 amide bonds. The number of methoxy groups -OCH3 is 1. The van der Waals surface area contributed by atoms with Crippen molar-refractivity contribution >= 4 is 24.6 Å². The number of aliphatic carboxylic acids is 1. The average Bonchev–Trinajstić information content (AvgIpc) is 2.88. The molecule has 6 nitrogen and oxygen atoms in total. The van der Waals surface area contributed by atoms with E-state index < -0.39 is 5.97 Å². The number of hydrogen-bond acceptors (Lipinski definition) is 6. The summed E-state index contributed by atoms with van der Waals surface area (Å²) in [5.74, 6) is 3.07. The molecule has 4 bridgehead atoms. The summed E-state index contributed by atoms with van der Waals surface area (Å²) in [7, 11) is 1.62. The van der Waals surface area contributed by atoms with Gasteiger partial charge in [-0.25, -0.2) is 0 Å². The number of esters is 1. The fourth-order valence-corrected chi connectivity index (χ4v) is 7.17. The van der Waals surface area contributed by atoms with E-state index >= 15 is 0 Å². The van der Waals surface area contributed by atoms with Crippen LogP contribution in [0.1, 0.15) is 62.5 Å². The van der Waals surface area contributed by atoms with Crippen LogP contribution in [0.2, 0.25) is 0 Å². The number of carboxylic acids is 1. The fourth-order valence-electron chi connectivity index (χ4n) is 6.84. The van der Waals surface area contributed by atoms with Crippen LogP contribution in [0.3, 0.4) is 0 Å². The Kier molecular flexibility index (Phi) is 9.77. The second-order valence-corrected chi connectivity index (χ2v) is 11.8. The van der Waals surface area contributed by atoms with Crippen molar-refractivity contribution in [2.45, 2.75) is 69.7 Å². The molecule has 7 heteroatoms. The van der Waals surface area contributed by atoms with Crippen molar-refractivity contribution in [1.82, 2.24) is 0 Å². The molecule has 2 aromatic carbocycles. The predicted octanol–water partition coefficient (Wildman–Crippen LogP) is 5.71. The van der Waals surface area contributed by atoms with E-state index in [-0.39, 0.29) is 18.3 Å². The van der Waals surface area contributed by atoms with Crippen LogP contribution in [0, 0.1) is 23.7 Å². The van der Waals surface area contributed by atoms with Crippen molar-refractivity contribution in [3.63, 3.8) is 0 Å². The minimum atomic E-state index is -0.885. The standard InChI is InChI=1S/C21H24O5S.C10H17N/c1-25-18-11-7-15(8-12-18)6-9-17(14-27)21(24)26-19-5-3-2-4-16(19)10-13-20(22)23;11-10-4-7-1-8(5-10)3-9(2-7)6-10/h2-5,7-8,11-12,17,27H,6,9-10,13-14H2,1H3,(H,22,23);7-9H,1-6,11H2/t17-;/m1./s1. The highest BCUT2D eigenvalue weighted by Gasteiger charge is 2.48. The van der Waals surface area contributed by atoms with Crippen LogP contribution in [0.4, 0.5) is 0 Å². The Labute approximate surface area is 231 Å². The third-order valence-electron chi connectivity index (χ3n) is 8.37. The molecule has 38 heavy (non-hydrogen) atoms. The Morgan fingerprint density at radius 2 is 1.61 bits per heavy atom. The number of carboxylic acid groups (broad SMARTS) is 1. The van der Waals surface area contributed by atoms with Crippen molar-refractivity contribution in [3.8, 4) is 11.5 Å². The zero-order valence-electron chi connectivity index (χ0n) is 22.3. The molecule has 0 spiro atoms. The molecule has 4 aliphatic carbocycles. The highest BCUT2D eigenvalue weighted by Crippen LogP contribution is 2.54. The summed E-state index contributed by atoms with van der Waals surface area (Å²) in [5.41, 5.74) is 8.44. The molecule has 3 N–H and O–H groups in total. The van der Waals surface area contributed by atoms with Gasteiger partial charge in [-0.15, -0.1) is 0 Å². The van der Waals surface area contributed by atoms with Gasteiger partial charge in [0, 0.05) is 17.7 Å². The summed E-state index contributed by atoms with van der Waals surface area (Å²) in [6, 6.07) is 14.8. The van der Waals surface area contributed by atoms with E-state index in [0.717, 1.165) is 35.5 Å². The summed E-state index contributed by atoms with van der Waals surface area (Å²) in [6.45, 7) is 0. The Bertz CT molecular complexity index is 1050. The van der Waals surface area contributed by atoms with Crippen LogP contribution >= 0.6 is 12.6 Å². The maximum atomic E-state index is 12.5. The van der Waals surface area contributed by atoms with E-state index in [1.165, 1.54) is 38.5 Å². The maximum Gasteiger partial charge on any atom is 0.315 e. The van der Waals surface area contributed by atoms with Gasteiger partial charge in [-0.05, 0) is 105 Å². The Morgan fingerprint density at radius 3 is 2.13 bits per heavy atom. The molecule has 4 aliphatic rings. The predicted molar refractivity (Wildman–Crippen MR) is 152 cm³/mol. The van der Waals surface area contributed by atoms with Crippen LogP contribution in [0.5, 0.6) is 11.5 Å². The molecule has 0 aromatic heterocycles. The number of aryl methyl sites for hydroxylation is 2. The largest absolute Gasteiger partial charge is 0.497 e. The molecular weight excluding hydrogens is 498 g/mol. The lowest BCUT2D eigenvalue weighted by Gasteiger charge is -2.55. The van der Waals surface area contributed by atoms with Gasteiger partial charge < -0.3 is 20.3 Å². The van der Waals surface area contributed by atoms with E-state index in [4.69, 9.17) is 20.3 Å². The van der Waals surface area contributed by atoms with Gasteiger partial charge in [0.1, 0.15) is 11.5 Å². The second-order valence-electron chi connectivity index (χ2n) is 11.5. The maximum absolute atomic E-state index is 12.5. The van der Waals surface area contributed by atoms with Crippen molar-refractivity contribution in [2.75, 3.05) is 12.9 Å². The quantitative estimate of drug-likeness (QED) is 0.203. The highest BCUT2D eigenvalue weighted by atomic mass is 32.1. The van der Waals surface area contributed by atoms with Gasteiger partial charge in [-0.3, -0.25) is 9.59 Å². The molecule has 0 heterocycles. The summed E-state index contributed by atoms with van der Waals surface area (Å²) < 4.78 is 10.7. The average molecular weight is 540 g/mol. The molecule has 0 aliphatic heterocycles. The Morgan fingerprint density at radius 1 is 1.00 bits per heavy atom. The number of para-hydroxylation sites is 1. The van der Waals surface area contributed by atoms with Gasteiger partial charge in [0.15, 0.2) is 0 Å². The first-order valence-corrected chi connectivity index (χ1v) is 14.4. The molecule has 1 atom stereocenters. The van der Waals surface area contributed by atoms with E-state index in [0.29, 0.717) is 35.4 Å². The number of nitrogens with two attached hydrogens (primary N) is 1. The molecular formula is C31H41NO5S. The summed E-state index contributed by atoms with van der Waals surface area (Å²) >= 11 is 4.29. The van der Waals surface area contributed by atoms with Crippen molar-refractivity contribution in [1.29, 1.82) is 0 Å². The van der Waals surface area contributed by atoms with Gasteiger partial charge in [-0.2, -0.15) is 12.6 Å². The number of rotatable bonds is 10.